The molecule has 1 aliphatic heterocycles. The highest BCUT2D eigenvalue weighted by molar-refractivity contribution is 7.89. The Morgan fingerprint density at radius 1 is 1.29 bits per heavy atom. The summed E-state index contributed by atoms with van der Waals surface area (Å²) in [5.41, 5.74) is 5.50. The van der Waals surface area contributed by atoms with Gasteiger partial charge in [0.1, 0.15) is 5.60 Å². The fourth-order valence-corrected chi connectivity index (χ4v) is 3.84. The van der Waals surface area contributed by atoms with Gasteiger partial charge in [0, 0.05) is 24.8 Å². The molecule has 134 valence electrons. The van der Waals surface area contributed by atoms with E-state index in [-0.39, 0.29) is 17.0 Å². The molecule has 1 saturated heterocycles. The van der Waals surface area contributed by atoms with Crippen LogP contribution < -0.4 is 10.5 Å². The maximum atomic E-state index is 12.4. The normalized spacial score (nSPS) is 16.9. The molecule has 7 nitrogen and oxygen atoms in total. The summed E-state index contributed by atoms with van der Waals surface area (Å²) in [7, 11) is -3.61. The molecule has 0 aromatic heterocycles. The molecule has 1 amide bonds. The fraction of sp³-hybridized carbons (Fsp3) is 0.562. The Morgan fingerprint density at radius 2 is 1.92 bits per heavy atom. The first kappa shape index (κ1) is 18.5. The van der Waals surface area contributed by atoms with Gasteiger partial charge in [0.25, 0.3) is 0 Å². The second-order valence-corrected chi connectivity index (χ2v) is 8.65. The number of ether oxygens (including phenoxy) is 1. The van der Waals surface area contributed by atoms with Gasteiger partial charge < -0.3 is 15.4 Å². The largest absolute Gasteiger partial charge is 0.444 e. The van der Waals surface area contributed by atoms with Gasteiger partial charge in [0.15, 0.2) is 0 Å². The Hall–Kier alpha value is -1.80. The quantitative estimate of drug-likeness (QED) is 0.807. The molecule has 24 heavy (non-hydrogen) atoms. The Labute approximate surface area is 143 Å². The number of piperidine rings is 1. The monoisotopic (exact) mass is 355 g/mol. The van der Waals surface area contributed by atoms with E-state index in [4.69, 9.17) is 10.5 Å². The maximum absolute atomic E-state index is 12.4. The molecule has 2 rings (SSSR count). The summed E-state index contributed by atoms with van der Waals surface area (Å²) in [5.74, 6) is 0. The highest BCUT2D eigenvalue weighted by Gasteiger charge is 2.29. The third-order valence-electron chi connectivity index (χ3n) is 3.64. The van der Waals surface area contributed by atoms with Crippen LogP contribution in [0.5, 0.6) is 0 Å². The van der Waals surface area contributed by atoms with Gasteiger partial charge in [-0.15, -0.1) is 0 Å². The zero-order valence-electron chi connectivity index (χ0n) is 14.3. The van der Waals surface area contributed by atoms with Gasteiger partial charge in [0.05, 0.1) is 4.90 Å². The molecule has 1 fully saturated rings. The van der Waals surface area contributed by atoms with Crippen molar-refractivity contribution in [2.45, 2.75) is 50.2 Å². The number of nitrogen functional groups attached to an aromatic ring is 1. The molecule has 1 aliphatic rings. The van der Waals surface area contributed by atoms with Crippen molar-refractivity contribution < 1.29 is 17.9 Å². The van der Waals surface area contributed by atoms with Crippen molar-refractivity contribution in [3.8, 4) is 0 Å². The van der Waals surface area contributed by atoms with Crippen molar-refractivity contribution in [2.24, 2.45) is 0 Å². The molecule has 0 spiro atoms. The van der Waals surface area contributed by atoms with Gasteiger partial charge in [-0.05, 0) is 51.8 Å². The van der Waals surface area contributed by atoms with Crippen LogP contribution in [-0.4, -0.2) is 44.1 Å². The number of hydrogen-bond donors (Lipinski definition) is 2. The number of anilines is 1. The molecule has 8 heteroatoms. The van der Waals surface area contributed by atoms with Crippen LogP contribution >= 0.6 is 0 Å². The first-order valence-electron chi connectivity index (χ1n) is 7.93. The van der Waals surface area contributed by atoms with Crippen LogP contribution in [0.3, 0.4) is 0 Å². The van der Waals surface area contributed by atoms with Crippen molar-refractivity contribution in [2.75, 3.05) is 18.8 Å². The van der Waals surface area contributed by atoms with E-state index in [9.17, 15) is 13.2 Å². The van der Waals surface area contributed by atoms with Crippen molar-refractivity contribution in [3.05, 3.63) is 24.3 Å². The third kappa shape index (κ3) is 5.10. The van der Waals surface area contributed by atoms with E-state index in [0.29, 0.717) is 31.6 Å². The van der Waals surface area contributed by atoms with Crippen LogP contribution in [-0.2, 0) is 14.8 Å². The summed E-state index contributed by atoms with van der Waals surface area (Å²) in [4.78, 5) is 13.8. The van der Waals surface area contributed by atoms with Gasteiger partial charge in [0.2, 0.25) is 10.0 Å². The number of amides is 1. The number of nitrogens with zero attached hydrogens (tertiary/aromatic N) is 1. The summed E-state index contributed by atoms with van der Waals surface area (Å²) in [6.07, 6.45) is 0.723. The lowest BCUT2D eigenvalue weighted by atomic mass is 10.1. The van der Waals surface area contributed by atoms with E-state index in [1.807, 2.05) is 20.8 Å². The number of benzene rings is 1. The average Bonchev–Trinajstić information content (AvgIpc) is 2.46. The standard InChI is InChI=1S/C16H25N3O4S/c1-16(2,3)23-15(20)19-9-7-13(8-10-19)18-24(21,22)14-6-4-5-12(17)11-14/h4-6,11,13,18H,7-10,17H2,1-3H3. The molecule has 0 radical (unpaired) electrons. The zero-order valence-corrected chi connectivity index (χ0v) is 15.1. The Kier molecular flexibility index (Phi) is 5.39. The third-order valence-corrected chi connectivity index (χ3v) is 5.16. The number of rotatable bonds is 3. The predicted octanol–water partition coefficient (Wildman–Crippen LogP) is 1.95. The topological polar surface area (TPSA) is 102 Å². The molecule has 1 aromatic carbocycles. The Bertz CT molecular complexity index is 690. The molecule has 0 bridgehead atoms. The first-order valence-corrected chi connectivity index (χ1v) is 9.41. The average molecular weight is 355 g/mol. The lowest BCUT2D eigenvalue weighted by molar-refractivity contribution is 0.0203. The summed E-state index contributed by atoms with van der Waals surface area (Å²) < 4.78 is 32.8. The first-order chi connectivity index (χ1) is 11.1. The smallest absolute Gasteiger partial charge is 0.410 e. The van der Waals surface area contributed by atoms with E-state index in [0.717, 1.165) is 0 Å². The van der Waals surface area contributed by atoms with Crippen molar-refractivity contribution in [1.29, 1.82) is 0 Å². The number of carbonyl (C=O) groups is 1. The van der Waals surface area contributed by atoms with E-state index >= 15 is 0 Å². The number of nitrogens with one attached hydrogen (secondary N) is 1. The van der Waals surface area contributed by atoms with Crippen LogP contribution in [0, 0.1) is 0 Å². The molecule has 3 N–H and O–H groups in total. The van der Waals surface area contributed by atoms with Gasteiger partial charge in [-0.1, -0.05) is 6.07 Å². The molecular formula is C16H25N3O4S. The van der Waals surface area contributed by atoms with E-state index in [2.05, 4.69) is 4.72 Å². The molecule has 0 saturated carbocycles. The molecule has 0 aliphatic carbocycles. The molecule has 1 aromatic rings. The minimum absolute atomic E-state index is 0.150. The summed E-state index contributed by atoms with van der Waals surface area (Å²) in [6, 6.07) is 5.97. The van der Waals surface area contributed by atoms with E-state index < -0.39 is 15.6 Å². The van der Waals surface area contributed by atoms with E-state index in [1.165, 1.54) is 12.1 Å². The SMILES string of the molecule is CC(C)(C)OC(=O)N1CCC(NS(=O)(=O)c2cccc(N)c2)CC1. The predicted molar refractivity (Wildman–Crippen MR) is 92.0 cm³/mol. The summed E-state index contributed by atoms with van der Waals surface area (Å²) in [6.45, 7) is 6.37. The lowest BCUT2D eigenvalue weighted by Crippen LogP contribution is -2.47. The molecule has 0 unspecified atom stereocenters. The minimum atomic E-state index is -3.61. The number of sulfonamides is 1. The highest BCUT2D eigenvalue weighted by Crippen LogP contribution is 2.18. The van der Waals surface area contributed by atoms with Crippen LogP contribution in [0.25, 0.3) is 0 Å². The lowest BCUT2D eigenvalue weighted by Gasteiger charge is -2.33. The number of carbonyl (C=O) groups excluding carboxylic acids is 1. The minimum Gasteiger partial charge on any atom is -0.444 e. The number of nitrogens with two attached hydrogens (primary N) is 1. The number of likely N-dealkylation sites (tertiary alicyclic amines) is 1. The van der Waals surface area contributed by atoms with Crippen LogP contribution in [0.2, 0.25) is 0 Å². The molecule has 1 heterocycles. The van der Waals surface area contributed by atoms with Gasteiger partial charge in [-0.3, -0.25) is 0 Å². The van der Waals surface area contributed by atoms with Crippen LogP contribution in [0.15, 0.2) is 29.2 Å². The summed E-state index contributed by atoms with van der Waals surface area (Å²) >= 11 is 0. The van der Waals surface area contributed by atoms with Gasteiger partial charge in [-0.25, -0.2) is 17.9 Å². The Morgan fingerprint density at radius 3 is 2.46 bits per heavy atom. The van der Waals surface area contributed by atoms with E-state index in [1.54, 1.807) is 17.0 Å². The molecule has 0 atom stereocenters. The summed E-state index contributed by atoms with van der Waals surface area (Å²) in [5, 5.41) is 0. The van der Waals surface area contributed by atoms with Gasteiger partial charge >= 0.3 is 6.09 Å². The maximum Gasteiger partial charge on any atom is 0.410 e. The second kappa shape index (κ2) is 6.98. The van der Waals surface area contributed by atoms with Gasteiger partial charge in [-0.2, -0.15) is 0 Å². The fourth-order valence-electron chi connectivity index (χ4n) is 2.48. The zero-order chi connectivity index (χ0) is 18.0. The van der Waals surface area contributed by atoms with Crippen LogP contribution in [0.4, 0.5) is 10.5 Å². The van der Waals surface area contributed by atoms with Crippen molar-refractivity contribution in [3.63, 3.8) is 0 Å². The molecular weight excluding hydrogens is 330 g/mol. The Balaban J connectivity index is 1.92. The van der Waals surface area contributed by atoms with Crippen molar-refractivity contribution >= 4 is 21.8 Å². The highest BCUT2D eigenvalue weighted by atomic mass is 32.2. The van der Waals surface area contributed by atoms with Crippen molar-refractivity contribution in [1.82, 2.24) is 9.62 Å². The second-order valence-electron chi connectivity index (χ2n) is 6.94. The van der Waals surface area contributed by atoms with Crippen LogP contribution in [0.1, 0.15) is 33.6 Å². The number of hydrogen-bond acceptors (Lipinski definition) is 5.